The third-order valence-electron chi connectivity index (χ3n) is 4.01. The van der Waals surface area contributed by atoms with Gasteiger partial charge in [0.25, 0.3) is 0 Å². The van der Waals surface area contributed by atoms with Crippen LogP contribution in [0.15, 0.2) is 54.6 Å². The maximum absolute atomic E-state index is 12.3. The van der Waals surface area contributed by atoms with Gasteiger partial charge in [-0.25, -0.2) is 4.79 Å². The highest BCUT2D eigenvalue weighted by atomic mass is 35.5. The summed E-state index contributed by atoms with van der Waals surface area (Å²) in [4.78, 5) is 12.3. The van der Waals surface area contributed by atoms with Crippen molar-refractivity contribution in [2.24, 2.45) is 0 Å². The highest BCUT2D eigenvalue weighted by molar-refractivity contribution is 6.32. The van der Waals surface area contributed by atoms with E-state index in [1.807, 2.05) is 36.4 Å². The topological polar surface area (TPSA) is 44.8 Å². The molecule has 0 aliphatic carbocycles. The molecule has 4 nitrogen and oxygen atoms in total. The molecule has 4 rings (SSSR count). The first kappa shape index (κ1) is 15.8. The number of carbonyl (C=O) groups excluding carboxylic acids is 1. The standard InChI is InChI=1S/C20H15ClO4/c21-17-9-13(10-18-19(17)24-8-7-23-18)12-25-20(22)16-6-5-14-3-1-2-4-15(14)11-16/h1-6,9-11H,7-8,12H2. The number of esters is 1. The van der Waals surface area contributed by atoms with E-state index in [0.29, 0.717) is 35.3 Å². The Morgan fingerprint density at radius 1 is 1.00 bits per heavy atom. The van der Waals surface area contributed by atoms with E-state index in [0.717, 1.165) is 16.3 Å². The van der Waals surface area contributed by atoms with Crippen LogP contribution in [0.5, 0.6) is 11.5 Å². The van der Waals surface area contributed by atoms with Crippen molar-refractivity contribution in [2.75, 3.05) is 13.2 Å². The maximum Gasteiger partial charge on any atom is 0.338 e. The summed E-state index contributed by atoms with van der Waals surface area (Å²) in [5.74, 6) is 0.741. The molecule has 0 atom stereocenters. The van der Waals surface area contributed by atoms with Gasteiger partial charge in [-0.3, -0.25) is 0 Å². The number of hydrogen-bond acceptors (Lipinski definition) is 4. The molecule has 0 amide bonds. The Morgan fingerprint density at radius 2 is 1.80 bits per heavy atom. The van der Waals surface area contributed by atoms with Crippen LogP contribution in [0.2, 0.25) is 5.02 Å². The first-order valence-corrected chi connectivity index (χ1v) is 8.32. The molecule has 1 heterocycles. The second-order valence-electron chi connectivity index (χ2n) is 5.74. The summed E-state index contributed by atoms with van der Waals surface area (Å²) in [5, 5.41) is 2.53. The van der Waals surface area contributed by atoms with E-state index in [-0.39, 0.29) is 12.6 Å². The molecule has 0 bridgehead atoms. The van der Waals surface area contributed by atoms with Crippen LogP contribution in [-0.2, 0) is 11.3 Å². The Morgan fingerprint density at radius 3 is 2.68 bits per heavy atom. The van der Waals surface area contributed by atoms with Gasteiger partial charge in [-0.05, 0) is 40.6 Å². The molecule has 1 aliphatic heterocycles. The van der Waals surface area contributed by atoms with E-state index in [1.165, 1.54) is 0 Å². The van der Waals surface area contributed by atoms with E-state index < -0.39 is 0 Å². The van der Waals surface area contributed by atoms with Gasteiger partial charge in [-0.15, -0.1) is 0 Å². The Kier molecular flexibility index (Phi) is 4.20. The van der Waals surface area contributed by atoms with Gasteiger partial charge < -0.3 is 14.2 Å². The van der Waals surface area contributed by atoms with Crippen molar-refractivity contribution < 1.29 is 19.0 Å². The number of carbonyl (C=O) groups is 1. The van der Waals surface area contributed by atoms with E-state index in [4.69, 9.17) is 25.8 Å². The monoisotopic (exact) mass is 354 g/mol. The number of halogens is 1. The van der Waals surface area contributed by atoms with Crippen molar-refractivity contribution in [3.63, 3.8) is 0 Å². The quantitative estimate of drug-likeness (QED) is 0.644. The first-order valence-electron chi connectivity index (χ1n) is 7.95. The molecule has 3 aromatic rings. The van der Waals surface area contributed by atoms with Gasteiger partial charge in [0.1, 0.15) is 19.8 Å². The van der Waals surface area contributed by atoms with Crippen molar-refractivity contribution >= 4 is 28.3 Å². The summed E-state index contributed by atoms with van der Waals surface area (Å²) in [5.41, 5.74) is 1.27. The predicted molar refractivity (Wildman–Crippen MR) is 95.5 cm³/mol. The van der Waals surface area contributed by atoms with Crippen molar-refractivity contribution in [1.29, 1.82) is 0 Å². The summed E-state index contributed by atoms with van der Waals surface area (Å²) < 4.78 is 16.4. The van der Waals surface area contributed by atoms with Gasteiger partial charge in [0, 0.05) is 0 Å². The van der Waals surface area contributed by atoms with Crippen LogP contribution in [0, 0.1) is 0 Å². The molecule has 0 spiro atoms. The molecule has 25 heavy (non-hydrogen) atoms. The fourth-order valence-electron chi connectivity index (χ4n) is 2.80. The molecule has 3 aromatic carbocycles. The zero-order valence-electron chi connectivity index (χ0n) is 13.3. The molecular weight excluding hydrogens is 340 g/mol. The van der Waals surface area contributed by atoms with Gasteiger partial charge in [0.2, 0.25) is 0 Å². The molecule has 0 radical (unpaired) electrons. The minimum atomic E-state index is -0.378. The second kappa shape index (κ2) is 6.65. The zero-order chi connectivity index (χ0) is 17.2. The van der Waals surface area contributed by atoms with Gasteiger partial charge in [-0.1, -0.05) is 41.9 Å². The molecule has 0 N–H and O–H groups in total. The molecule has 1 aliphatic rings. The van der Waals surface area contributed by atoms with E-state index in [1.54, 1.807) is 18.2 Å². The molecule has 0 fully saturated rings. The lowest BCUT2D eigenvalue weighted by molar-refractivity contribution is 0.0472. The van der Waals surface area contributed by atoms with Crippen molar-refractivity contribution in [3.05, 3.63) is 70.7 Å². The summed E-state index contributed by atoms with van der Waals surface area (Å²) in [6.07, 6.45) is 0. The van der Waals surface area contributed by atoms with E-state index >= 15 is 0 Å². The summed E-state index contributed by atoms with van der Waals surface area (Å²) in [6, 6.07) is 16.9. The van der Waals surface area contributed by atoms with Crippen LogP contribution in [0.4, 0.5) is 0 Å². The van der Waals surface area contributed by atoms with Crippen LogP contribution in [0.25, 0.3) is 10.8 Å². The fourth-order valence-corrected chi connectivity index (χ4v) is 3.08. The normalized spacial score (nSPS) is 12.8. The number of benzene rings is 3. The van der Waals surface area contributed by atoms with Gasteiger partial charge in [0.05, 0.1) is 10.6 Å². The molecule has 0 aromatic heterocycles. The zero-order valence-corrected chi connectivity index (χ0v) is 14.1. The minimum Gasteiger partial charge on any atom is -0.486 e. The highest BCUT2D eigenvalue weighted by Gasteiger charge is 2.17. The van der Waals surface area contributed by atoms with Gasteiger partial charge in [0.15, 0.2) is 11.5 Å². The predicted octanol–water partition coefficient (Wildman–Crippen LogP) is 4.62. The van der Waals surface area contributed by atoms with E-state index in [2.05, 4.69) is 0 Å². The molecular formula is C20H15ClO4. The molecule has 5 heteroatoms. The molecule has 126 valence electrons. The van der Waals surface area contributed by atoms with Crippen LogP contribution < -0.4 is 9.47 Å². The minimum absolute atomic E-state index is 0.113. The Bertz CT molecular complexity index is 952. The summed E-state index contributed by atoms with van der Waals surface area (Å²) >= 11 is 6.20. The van der Waals surface area contributed by atoms with Gasteiger partial charge in [-0.2, -0.15) is 0 Å². The van der Waals surface area contributed by atoms with Gasteiger partial charge >= 0.3 is 5.97 Å². The average molecular weight is 355 g/mol. The molecule has 0 saturated heterocycles. The lowest BCUT2D eigenvalue weighted by atomic mass is 10.1. The highest BCUT2D eigenvalue weighted by Crippen LogP contribution is 2.38. The Hall–Kier alpha value is -2.72. The molecule has 0 saturated carbocycles. The number of ether oxygens (including phenoxy) is 3. The van der Waals surface area contributed by atoms with Crippen LogP contribution in [-0.4, -0.2) is 19.2 Å². The second-order valence-corrected chi connectivity index (χ2v) is 6.15. The number of rotatable bonds is 3. The lowest BCUT2D eigenvalue weighted by Crippen LogP contribution is -2.16. The summed E-state index contributed by atoms with van der Waals surface area (Å²) in [6.45, 7) is 1.06. The Balaban J connectivity index is 1.50. The average Bonchev–Trinajstić information content (AvgIpc) is 2.66. The fraction of sp³-hybridized carbons (Fsp3) is 0.150. The van der Waals surface area contributed by atoms with Crippen LogP contribution in [0.3, 0.4) is 0 Å². The number of fused-ring (bicyclic) bond motifs is 2. The lowest BCUT2D eigenvalue weighted by Gasteiger charge is -2.20. The third kappa shape index (κ3) is 3.26. The summed E-state index contributed by atoms with van der Waals surface area (Å²) in [7, 11) is 0. The largest absolute Gasteiger partial charge is 0.486 e. The Labute approximate surface area is 149 Å². The first-order chi connectivity index (χ1) is 12.2. The van der Waals surface area contributed by atoms with Crippen molar-refractivity contribution in [3.8, 4) is 11.5 Å². The third-order valence-corrected chi connectivity index (χ3v) is 4.29. The van der Waals surface area contributed by atoms with Crippen LogP contribution in [0.1, 0.15) is 15.9 Å². The van der Waals surface area contributed by atoms with Crippen molar-refractivity contribution in [2.45, 2.75) is 6.61 Å². The molecule has 0 unspecified atom stereocenters. The number of hydrogen-bond donors (Lipinski definition) is 0. The van der Waals surface area contributed by atoms with E-state index in [9.17, 15) is 4.79 Å². The van der Waals surface area contributed by atoms with Crippen LogP contribution >= 0.6 is 11.6 Å². The SMILES string of the molecule is O=C(OCc1cc(Cl)c2c(c1)OCCO2)c1ccc2ccccc2c1. The smallest absolute Gasteiger partial charge is 0.338 e. The maximum atomic E-state index is 12.3. The van der Waals surface area contributed by atoms with Crippen molar-refractivity contribution in [1.82, 2.24) is 0 Å².